The van der Waals surface area contributed by atoms with Crippen LogP contribution in [0.1, 0.15) is 38.9 Å². The molecular weight excluding hydrogens is 272 g/mol. The molecule has 2 aromatic rings. The standard InChI is InChI=1S/C14H18N4O3/c1-4-7-15-11-6-5-10(8-12(11)18(19)20)14-16-13(9(2)3)17-21-14/h5-6,8-9,15H,4,7H2,1-3H3. The molecule has 0 amide bonds. The van der Waals surface area contributed by atoms with Crippen LogP contribution >= 0.6 is 0 Å². The largest absolute Gasteiger partial charge is 0.380 e. The second kappa shape index (κ2) is 6.34. The molecule has 112 valence electrons. The molecule has 0 atom stereocenters. The Balaban J connectivity index is 2.36. The Morgan fingerprint density at radius 2 is 2.19 bits per heavy atom. The van der Waals surface area contributed by atoms with E-state index in [4.69, 9.17) is 4.52 Å². The van der Waals surface area contributed by atoms with Crippen molar-refractivity contribution < 1.29 is 9.45 Å². The Morgan fingerprint density at radius 1 is 1.43 bits per heavy atom. The van der Waals surface area contributed by atoms with Gasteiger partial charge < -0.3 is 9.84 Å². The molecule has 2 rings (SSSR count). The van der Waals surface area contributed by atoms with E-state index in [-0.39, 0.29) is 11.6 Å². The third kappa shape index (κ3) is 3.36. The van der Waals surface area contributed by atoms with E-state index in [1.807, 2.05) is 20.8 Å². The van der Waals surface area contributed by atoms with Gasteiger partial charge in [-0.1, -0.05) is 25.9 Å². The van der Waals surface area contributed by atoms with Gasteiger partial charge in [0.2, 0.25) is 0 Å². The van der Waals surface area contributed by atoms with Crippen LogP contribution in [-0.4, -0.2) is 21.6 Å². The lowest BCUT2D eigenvalue weighted by molar-refractivity contribution is -0.383. The number of anilines is 1. The summed E-state index contributed by atoms with van der Waals surface area (Å²) in [5.41, 5.74) is 1.04. The third-order valence-electron chi connectivity index (χ3n) is 2.96. The van der Waals surface area contributed by atoms with Gasteiger partial charge in [0.1, 0.15) is 5.69 Å². The Labute approximate surface area is 122 Å². The lowest BCUT2D eigenvalue weighted by Gasteiger charge is -2.06. The fourth-order valence-corrected chi connectivity index (χ4v) is 1.81. The summed E-state index contributed by atoms with van der Waals surface area (Å²) < 4.78 is 5.16. The average molecular weight is 290 g/mol. The van der Waals surface area contributed by atoms with E-state index < -0.39 is 4.92 Å². The summed E-state index contributed by atoms with van der Waals surface area (Å²) in [6.45, 7) is 6.58. The van der Waals surface area contributed by atoms with Crippen molar-refractivity contribution in [2.24, 2.45) is 0 Å². The van der Waals surface area contributed by atoms with E-state index in [1.54, 1.807) is 12.1 Å². The summed E-state index contributed by atoms with van der Waals surface area (Å²) in [5, 5.41) is 18.1. The molecule has 0 saturated heterocycles. The Kier molecular flexibility index (Phi) is 4.52. The highest BCUT2D eigenvalue weighted by molar-refractivity contribution is 5.69. The zero-order chi connectivity index (χ0) is 15.4. The maximum absolute atomic E-state index is 11.2. The monoisotopic (exact) mass is 290 g/mol. The number of aromatic nitrogens is 2. The van der Waals surface area contributed by atoms with Crippen molar-refractivity contribution >= 4 is 11.4 Å². The van der Waals surface area contributed by atoms with E-state index >= 15 is 0 Å². The first-order valence-electron chi connectivity index (χ1n) is 6.89. The molecule has 0 saturated carbocycles. The molecule has 1 aromatic heterocycles. The molecule has 0 aliphatic heterocycles. The summed E-state index contributed by atoms with van der Waals surface area (Å²) in [6.07, 6.45) is 0.889. The second-order valence-electron chi connectivity index (χ2n) is 5.03. The van der Waals surface area contributed by atoms with Crippen LogP contribution in [-0.2, 0) is 0 Å². The smallest absolute Gasteiger partial charge is 0.293 e. The van der Waals surface area contributed by atoms with Crippen molar-refractivity contribution in [2.75, 3.05) is 11.9 Å². The van der Waals surface area contributed by atoms with E-state index in [2.05, 4.69) is 15.5 Å². The van der Waals surface area contributed by atoms with Crippen LogP contribution < -0.4 is 5.32 Å². The number of hydrogen-bond acceptors (Lipinski definition) is 6. The van der Waals surface area contributed by atoms with E-state index in [0.29, 0.717) is 29.5 Å². The molecular formula is C14H18N4O3. The Bertz CT molecular complexity index is 637. The predicted molar refractivity (Wildman–Crippen MR) is 79.3 cm³/mol. The van der Waals surface area contributed by atoms with Gasteiger partial charge in [-0.3, -0.25) is 10.1 Å². The molecule has 7 nitrogen and oxygen atoms in total. The summed E-state index contributed by atoms with van der Waals surface area (Å²) in [5.74, 6) is 1.02. The molecule has 0 spiro atoms. The maximum atomic E-state index is 11.2. The van der Waals surface area contributed by atoms with Gasteiger partial charge in [0.15, 0.2) is 5.82 Å². The van der Waals surface area contributed by atoms with Gasteiger partial charge in [-0.05, 0) is 18.6 Å². The average Bonchev–Trinajstić information content (AvgIpc) is 2.94. The molecule has 1 aromatic carbocycles. The summed E-state index contributed by atoms with van der Waals surface area (Å²) in [4.78, 5) is 15.0. The number of nitrogens with one attached hydrogen (secondary N) is 1. The molecule has 0 fully saturated rings. The second-order valence-corrected chi connectivity index (χ2v) is 5.03. The number of rotatable bonds is 6. The van der Waals surface area contributed by atoms with Gasteiger partial charge in [0.05, 0.1) is 4.92 Å². The minimum Gasteiger partial charge on any atom is -0.380 e. The highest BCUT2D eigenvalue weighted by Crippen LogP contribution is 2.30. The van der Waals surface area contributed by atoms with Crippen molar-refractivity contribution in [3.63, 3.8) is 0 Å². The zero-order valence-corrected chi connectivity index (χ0v) is 12.3. The molecule has 1 N–H and O–H groups in total. The molecule has 1 heterocycles. The number of nitro groups is 1. The quantitative estimate of drug-likeness (QED) is 0.645. The topological polar surface area (TPSA) is 94.1 Å². The summed E-state index contributed by atoms with van der Waals surface area (Å²) >= 11 is 0. The van der Waals surface area contributed by atoms with Crippen LogP contribution in [0.15, 0.2) is 22.7 Å². The van der Waals surface area contributed by atoms with Crippen LogP contribution in [0, 0.1) is 10.1 Å². The number of nitro benzene ring substituents is 1. The van der Waals surface area contributed by atoms with Gasteiger partial charge >= 0.3 is 0 Å². The first-order valence-corrected chi connectivity index (χ1v) is 6.89. The van der Waals surface area contributed by atoms with Crippen molar-refractivity contribution in [2.45, 2.75) is 33.1 Å². The fourth-order valence-electron chi connectivity index (χ4n) is 1.81. The van der Waals surface area contributed by atoms with E-state index in [9.17, 15) is 10.1 Å². The zero-order valence-electron chi connectivity index (χ0n) is 12.3. The highest BCUT2D eigenvalue weighted by atomic mass is 16.6. The number of nitrogens with zero attached hydrogens (tertiary/aromatic N) is 3. The minimum absolute atomic E-state index is 0.00486. The lowest BCUT2D eigenvalue weighted by atomic mass is 10.1. The van der Waals surface area contributed by atoms with E-state index in [1.165, 1.54) is 6.07 Å². The Morgan fingerprint density at radius 3 is 2.76 bits per heavy atom. The van der Waals surface area contributed by atoms with Gasteiger partial charge in [0, 0.05) is 24.1 Å². The number of benzene rings is 1. The van der Waals surface area contributed by atoms with Gasteiger partial charge in [-0.15, -0.1) is 0 Å². The molecule has 0 aliphatic rings. The van der Waals surface area contributed by atoms with Gasteiger partial charge in [0.25, 0.3) is 11.6 Å². The Hall–Kier alpha value is -2.44. The first kappa shape index (κ1) is 15.0. The maximum Gasteiger partial charge on any atom is 0.293 e. The van der Waals surface area contributed by atoms with Crippen molar-refractivity contribution in [1.29, 1.82) is 0 Å². The minimum atomic E-state index is -0.415. The van der Waals surface area contributed by atoms with Crippen LogP contribution in [0.5, 0.6) is 0 Å². The molecule has 0 bridgehead atoms. The fraction of sp³-hybridized carbons (Fsp3) is 0.429. The van der Waals surface area contributed by atoms with E-state index in [0.717, 1.165) is 6.42 Å². The SMILES string of the molecule is CCCNc1ccc(-c2nc(C(C)C)no2)cc1[N+](=O)[O-]. The summed E-state index contributed by atoms with van der Waals surface area (Å²) in [6, 6.07) is 4.86. The summed E-state index contributed by atoms with van der Waals surface area (Å²) in [7, 11) is 0. The molecule has 0 unspecified atom stereocenters. The molecule has 7 heteroatoms. The van der Waals surface area contributed by atoms with Crippen LogP contribution in [0.25, 0.3) is 11.5 Å². The predicted octanol–water partition coefficient (Wildman–Crippen LogP) is 3.59. The van der Waals surface area contributed by atoms with Crippen LogP contribution in [0.2, 0.25) is 0 Å². The van der Waals surface area contributed by atoms with Crippen molar-refractivity contribution in [3.05, 3.63) is 34.1 Å². The van der Waals surface area contributed by atoms with Crippen molar-refractivity contribution in [1.82, 2.24) is 10.1 Å². The van der Waals surface area contributed by atoms with Gasteiger partial charge in [-0.25, -0.2) is 0 Å². The highest BCUT2D eigenvalue weighted by Gasteiger charge is 2.18. The molecule has 0 aliphatic carbocycles. The number of hydrogen-bond donors (Lipinski definition) is 1. The normalized spacial score (nSPS) is 10.9. The molecule has 21 heavy (non-hydrogen) atoms. The first-order chi connectivity index (χ1) is 10.0. The van der Waals surface area contributed by atoms with Crippen LogP contribution in [0.4, 0.5) is 11.4 Å². The van der Waals surface area contributed by atoms with Crippen LogP contribution in [0.3, 0.4) is 0 Å². The third-order valence-corrected chi connectivity index (χ3v) is 2.96. The van der Waals surface area contributed by atoms with Gasteiger partial charge in [-0.2, -0.15) is 4.98 Å². The lowest BCUT2D eigenvalue weighted by Crippen LogP contribution is -2.03. The van der Waals surface area contributed by atoms with Crippen molar-refractivity contribution in [3.8, 4) is 11.5 Å². The molecule has 0 radical (unpaired) electrons.